The van der Waals surface area contributed by atoms with Crippen LogP contribution in [0.25, 0.3) is 11.0 Å². The van der Waals surface area contributed by atoms with E-state index >= 15 is 0 Å². The lowest BCUT2D eigenvalue weighted by molar-refractivity contribution is 0.0742. The molecule has 0 bridgehead atoms. The van der Waals surface area contributed by atoms with Gasteiger partial charge >= 0.3 is 5.63 Å². The summed E-state index contributed by atoms with van der Waals surface area (Å²) in [6.45, 7) is 5.19. The number of para-hydroxylation sites is 1. The van der Waals surface area contributed by atoms with Crippen LogP contribution in [0.15, 0.2) is 45.7 Å². The second kappa shape index (κ2) is 9.07. The number of benzene rings is 1. The third kappa shape index (κ3) is 4.21. The summed E-state index contributed by atoms with van der Waals surface area (Å²) >= 11 is 0. The van der Waals surface area contributed by atoms with Crippen LogP contribution in [0.5, 0.6) is 5.75 Å². The van der Waals surface area contributed by atoms with E-state index in [4.69, 9.17) is 13.9 Å². The number of piperazine rings is 1. The number of carbonyl (C=O) groups is 1. The van der Waals surface area contributed by atoms with Gasteiger partial charge < -0.3 is 28.6 Å². The highest BCUT2D eigenvalue weighted by Gasteiger charge is 2.26. The molecule has 2 fully saturated rings. The van der Waals surface area contributed by atoms with Crippen molar-refractivity contribution in [3.63, 3.8) is 0 Å². The number of ether oxygens (including phenoxy) is 2. The number of hydrogen-bond acceptors (Lipinski definition) is 9. The Kier molecular flexibility index (Phi) is 5.82. The number of rotatable bonds is 4. The minimum Gasteiger partial charge on any atom is -0.493 e. The van der Waals surface area contributed by atoms with Crippen molar-refractivity contribution in [2.45, 2.75) is 0 Å². The first-order chi connectivity index (χ1) is 16.1. The molecular formula is C23H25N5O5. The molecule has 0 saturated carbocycles. The Morgan fingerprint density at radius 2 is 1.82 bits per heavy atom. The van der Waals surface area contributed by atoms with E-state index in [2.05, 4.69) is 20.0 Å². The first kappa shape index (κ1) is 21.2. The molecule has 2 aliphatic rings. The van der Waals surface area contributed by atoms with Crippen molar-refractivity contribution >= 4 is 28.4 Å². The van der Waals surface area contributed by atoms with E-state index in [1.165, 1.54) is 7.11 Å². The minimum atomic E-state index is -0.663. The Balaban J connectivity index is 1.29. The fourth-order valence-electron chi connectivity index (χ4n) is 4.23. The topological polar surface area (TPSA) is 101 Å². The predicted molar refractivity (Wildman–Crippen MR) is 122 cm³/mol. The van der Waals surface area contributed by atoms with E-state index in [1.807, 2.05) is 6.07 Å². The van der Waals surface area contributed by atoms with E-state index in [0.29, 0.717) is 56.1 Å². The van der Waals surface area contributed by atoms with Crippen molar-refractivity contribution in [3.05, 3.63) is 52.5 Å². The largest absolute Gasteiger partial charge is 0.493 e. The van der Waals surface area contributed by atoms with Gasteiger partial charge in [0.25, 0.3) is 5.91 Å². The Hall–Kier alpha value is -3.66. The van der Waals surface area contributed by atoms with Gasteiger partial charge in [0.1, 0.15) is 5.56 Å². The van der Waals surface area contributed by atoms with E-state index in [-0.39, 0.29) is 11.5 Å². The highest BCUT2D eigenvalue weighted by Crippen LogP contribution is 2.25. The smallest absolute Gasteiger partial charge is 0.349 e. The molecule has 0 unspecified atom stereocenters. The van der Waals surface area contributed by atoms with Crippen LogP contribution in [0.2, 0.25) is 0 Å². The van der Waals surface area contributed by atoms with Gasteiger partial charge in [0.2, 0.25) is 0 Å². The van der Waals surface area contributed by atoms with Crippen LogP contribution in [-0.2, 0) is 4.74 Å². The second-order valence-corrected chi connectivity index (χ2v) is 7.98. The van der Waals surface area contributed by atoms with Crippen LogP contribution in [-0.4, -0.2) is 80.6 Å². The van der Waals surface area contributed by atoms with Crippen molar-refractivity contribution < 1.29 is 18.7 Å². The summed E-state index contributed by atoms with van der Waals surface area (Å²) in [6, 6.07) is 8.90. The molecule has 0 N–H and O–H groups in total. The Bertz CT molecular complexity index is 1220. The number of amides is 1. The number of anilines is 2. The molecule has 0 atom stereocenters. The Morgan fingerprint density at radius 3 is 2.58 bits per heavy atom. The zero-order valence-electron chi connectivity index (χ0n) is 18.4. The molecule has 2 aromatic heterocycles. The van der Waals surface area contributed by atoms with Crippen LogP contribution in [0, 0.1) is 0 Å². The van der Waals surface area contributed by atoms with Crippen molar-refractivity contribution in [2.75, 3.05) is 69.4 Å². The molecule has 10 heteroatoms. The molecule has 0 spiro atoms. The number of morpholine rings is 1. The molecule has 0 radical (unpaired) electrons. The summed E-state index contributed by atoms with van der Waals surface area (Å²) in [4.78, 5) is 31.7. The van der Waals surface area contributed by atoms with Crippen molar-refractivity contribution in [3.8, 4) is 5.75 Å². The molecule has 172 valence electrons. The van der Waals surface area contributed by atoms with Gasteiger partial charge in [-0.05, 0) is 12.1 Å². The van der Waals surface area contributed by atoms with E-state index in [0.717, 1.165) is 24.6 Å². The third-order valence-electron chi connectivity index (χ3n) is 6.07. The number of carbonyl (C=O) groups excluding carboxylic acids is 1. The second-order valence-electron chi connectivity index (χ2n) is 7.98. The van der Waals surface area contributed by atoms with Gasteiger partial charge in [-0.1, -0.05) is 12.1 Å². The summed E-state index contributed by atoms with van der Waals surface area (Å²) in [5.74, 6) is 0.905. The lowest BCUT2D eigenvalue weighted by Gasteiger charge is -2.35. The van der Waals surface area contributed by atoms with Gasteiger partial charge in [0.15, 0.2) is 17.2 Å². The van der Waals surface area contributed by atoms with Crippen LogP contribution in [0.1, 0.15) is 10.4 Å². The maximum atomic E-state index is 13.1. The number of fused-ring (bicyclic) bond motifs is 1. The van der Waals surface area contributed by atoms with Gasteiger partial charge in [-0.15, -0.1) is 5.10 Å². The summed E-state index contributed by atoms with van der Waals surface area (Å²) in [5, 5.41) is 9.11. The van der Waals surface area contributed by atoms with Crippen molar-refractivity contribution in [1.82, 2.24) is 15.1 Å². The maximum Gasteiger partial charge on any atom is 0.349 e. The SMILES string of the molecule is COc1cccc2cc(C(=O)N3CCN(c4cc(N5CCOCC5)cnn4)CC3)c(=O)oc12. The highest BCUT2D eigenvalue weighted by atomic mass is 16.5. The third-order valence-corrected chi connectivity index (χ3v) is 6.07. The van der Waals surface area contributed by atoms with Gasteiger partial charge in [-0.3, -0.25) is 4.79 Å². The molecule has 1 amide bonds. The summed E-state index contributed by atoms with van der Waals surface area (Å²) < 4.78 is 16.1. The molecule has 2 saturated heterocycles. The van der Waals surface area contributed by atoms with Crippen LogP contribution in [0.3, 0.4) is 0 Å². The Labute approximate surface area is 190 Å². The van der Waals surface area contributed by atoms with E-state index < -0.39 is 5.63 Å². The van der Waals surface area contributed by atoms with Gasteiger partial charge in [-0.2, -0.15) is 5.10 Å². The average Bonchev–Trinajstić information content (AvgIpc) is 2.88. The lowest BCUT2D eigenvalue weighted by Crippen LogP contribution is -2.49. The Morgan fingerprint density at radius 1 is 1.03 bits per heavy atom. The molecule has 33 heavy (non-hydrogen) atoms. The number of aromatic nitrogens is 2. The average molecular weight is 451 g/mol. The van der Waals surface area contributed by atoms with Crippen LogP contribution < -0.4 is 20.2 Å². The number of hydrogen-bond donors (Lipinski definition) is 0. The van der Waals surface area contributed by atoms with Crippen molar-refractivity contribution in [2.24, 2.45) is 0 Å². The molecule has 1 aromatic carbocycles. The normalized spacial score (nSPS) is 16.8. The van der Waals surface area contributed by atoms with Gasteiger partial charge in [0, 0.05) is 50.7 Å². The fraction of sp³-hybridized carbons (Fsp3) is 0.391. The van der Waals surface area contributed by atoms with E-state index in [1.54, 1.807) is 35.4 Å². The quantitative estimate of drug-likeness (QED) is 0.545. The lowest BCUT2D eigenvalue weighted by atomic mass is 10.1. The van der Waals surface area contributed by atoms with Crippen molar-refractivity contribution in [1.29, 1.82) is 0 Å². The first-order valence-electron chi connectivity index (χ1n) is 10.9. The highest BCUT2D eigenvalue weighted by molar-refractivity contribution is 5.97. The predicted octanol–water partition coefficient (Wildman–Crippen LogP) is 1.39. The summed E-state index contributed by atoms with van der Waals surface area (Å²) in [7, 11) is 1.51. The van der Waals surface area contributed by atoms with E-state index in [9.17, 15) is 9.59 Å². The summed E-state index contributed by atoms with van der Waals surface area (Å²) in [5.41, 5.74) is 0.720. The molecule has 5 rings (SSSR count). The van der Waals surface area contributed by atoms with Crippen LogP contribution in [0.4, 0.5) is 11.5 Å². The number of nitrogens with zero attached hydrogens (tertiary/aromatic N) is 5. The molecule has 4 heterocycles. The molecule has 2 aliphatic heterocycles. The first-order valence-corrected chi connectivity index (χ1v) is 10.9. The zero-order chi connectivity index (χ0) is 22.8. The maximum absolute atomic E-state index is 13.1. The van der Waals surface area contributed by atoms with Crippen LogP contribution >= 0.6 is 0 Å². The zero-order valence-corrected chi connectivity index (χ0v) is 18.4. The molecule has 0 aliphatic carbocycles. The number of methoxy groups -OCH3 is 1. The summed E-state index contributed by atoms with van der Waals surface area (Å²) in [6.07, 6.45) is 1.77. The molecule has 3 aromatic rings. The fourth-order valence-corrected chi connectivity index (χ4v) is 4.23. The molecular weight excluding hydrogens is 426 g/mol. The van der Waals surface area contributed by atoms with Gasteiger partial charge in [0.05, 0.1) is 32.2 Å². The monoisotopic (exact) mass is 451 g/mol. The standard InChI is InChI=1S/C23H25N5O5/c1-31-19-4-2-3-16-13-18(23(30)33-21(16)19)22(29)28-7-5-27(6-8-28)20-14-17(15-24-25-20)26-9-11-32-12-10-26/h2-4,13-15H,5-12H2,1H3. The molecule has 10 nitrogen and oxygen atoms in total. The minimum absolute atomic E-state index is 0.0262. The van der Waals surface area contributed by atoms with Gasteiger partial charge in [-0.25, -0.2) is 4.79 Å².